The molecule has 0 atom stereocenters. The van der Waals surface area contributed by atoms with Crippen molar-refractivity contribution < 1.29 is 9.59 Å². The van der Waals surface area contributed by atoms with Crippen molar-refractivity contribution in [3.63, 3.8) is 0 Å². The Hall–Kier alpha value is -1.59. The van der Waals surface area contributed by atoms with E-state index in [1.165, 1.54) is 0 Å². The minimum absolute atomic E-state index is 0.0913. The van der Waals surface area contributed by atoms with Crippen molar-refractivity contribution >= 4 is 34.8 Å². The summed E-state index contributed by atoms with van der Waals surface area (Å²) in [6.07, 6.45) is 0.377. The Morgan fingerprint density at radius 2 is 2.00 bits per heavy atom. The summed E-state index contributed by atoms with van der Waals surface area (Å²) >= 11 is 5.96. The van der Waals surface area contributed by atoms with Gasteiger partial charge in [-0.05, 0) is 18.2 Å². The van der Waals surface area contributed by atoms with E-state index < -0.39 is 0 Å². The number of nitrogens with two attached hydrogens (primary N) is 1. The molecule has 4 N–H and O–H groups in total. The number of amides is 2. The molecule has 0 aliphatic rings. The standard InChI is InChI=1S/C11H14ClN3O2/c1-2-10(16)15-9-4-3-7(5-8(9)12)14-11(17)6-13/h3-5H,2,6,13H2,1H3,(H,14,17)(H,15,16). The van der Waals surface area contributed by atoms with Crippen LogP contribution in [0, 0.1) is 0 Å². The summed E-state index contributed by atoms with van der Waals surface area (Å²) in [4.78, 5) is 22.2. The average Bonchev–Trinajstić information content (AvgIpc) is 2.32. The molecule has 5 nitrogen and oxygen atoms in total. The number of benzene rings is 1. The molecule has 1 aromatic carbocycles. The third kappa shape index (κ3) is 4.05. The molecule has 0 fully saturated rings. The highest BCUT2D eigenvalue weighted by atomic mass is 35.5. The van der Waals surface area contributed by atoms with E-state index in [1.807, 2.05) is 0 Å². The maximum Gasteiger partial charge on any atom is 0.238 e. The SMILES string of the molecule is CCC(=O)Nc1ccc(NC(=O)CN)cc1Cl. The highest BCUT2D eigenvalue weighted by Gasteiger charge is 2.06. The lowest BCUT2D eigenvalue weighted by Gasteiger charge is -2.09. The van der Waals surface area contributed by atoms with Crippen LogP contribution in [0.3, 0.4) is 0 Å². The smallest absolute Gasteiger partial charge is 0.238 e. The van der Waals surface area contributed by atoms with Crippen molar-refractivity contribution in [1.29, 1.82) is 0 Å². The summed E-state index contributed by atoms with van der Waals surface area (Å²) in [5.41, 5.74) is 6.23. The zero-order valence-corrected chi connectivity index (χ0v) is 10.2. The van der Waals surface area contributed by atoms with Gasteiger partial charge in [0.15, 0.2) is 0 Å². The maximum absolute atomic E-state index is 11.2. The second-order valence-electron chi connectivity index (χ2n) is 3.35. The zero-order chi connectivity index (χ0) is 12.8. The highest BCUT2D eigenvalue weighted by molar-refractivity contribution is 6.34. The van der Waals surface area contributed by atoms with Crippen LogP contribution in [0.25, 0.3) is 0 Å². The summed E-state index contributed by atoms with van der Waals surface area (Å²) in [7, 11) is 0. The number of hydrogen-bond donors (Lipinski definition) is 3. The second kappa shape index (κ2) is 6.22. The Bertz CT molecular complexity index is 435. The van der Waals surface area contributed by atoms with Crippen molar-refractivity contribution in [2.24, 2.45) is 5.73 Å². The molecule has 0 aromatic heterocycles. The molecule has 0 saturated heterocycles. The zero-order valence-electron chi connectivity index (χ0n) is 9.42. The molecule has 92 valence electrons. The summed E-state index contributed by atoms with van der Waals surface area (Å²) < 4.78 is 0. The fraction of sp³-hybridized carbons (Fsp3) is 0.273. The molecule has 0 heterocycles. The molecule has 0 aliphatic carbocycles. The largest absolute Gasteiger partial charge is 0.325 e. The summed E-state index contributed by atoms with van der Waals surface area (Å²) in [6, 6.07) is 4.83. The third-order valence-corrected chi connectivity index (χ3v) is 2.35. The van der Waals surface area contributed by atoms with Crippen LogP contribution in [0.15, 0.2) is 18.2 Å². The number of rotatable bonds is 4. The fourth-order valence-corrected chi connectivity index (χ4v) is 1.37. The van der Waals surface area contributed by atoms with Gasteiger partial charge in [-0.1, -0.05) is 18.5 Å². The van der Waals surface area contributed by atoms with Gasteiger partial charge in [-0.2, -0.15) is 0 Å². The number of anilines is 2. The molecule has 0 aliphatic heterocycles. The van der Waals surface area contributed by atoms with Gasteiger partial charge in [0.2, 0.25) is 11.8 Å². The van der Waals surface area contributed by atoms with E-state index in [9.17, 15) is 9.59 Å². The van der Waals surface area contributed by atoms with Crippen molar-refractivity contribution in [2.75, 3.05) is 17.2 Å². The average molecular weight is 256 g/mol. The lowest BCUT2D eigenvalue weighted by atomic mass is 10.2. The van der Waals surface area contributed by atoms with Gasteiger partial charge in [-0.3, -0.25) is 9.59 Å². The molecule has 0 saturated carbocycles. The normalized spacial score (nSPS) is 9.82. The number of carbonyl (C=O) groups is 2. The van der Waals surface area contributed by atoms with Gasteiger partial charge in [0.25, 0.3) is 0 Å². The van der Waals surface area contributed by atoms with Crippen LogP contribution in [0.1, 0.15) is 13.3 Å². The van der Waals surface area contributed by atoms with E-state index in [-0.39, 0.29) is 18.4 Å². The van der Waals surface area contributed by atoms with Crippen LogP contribution in [0.4, 0.5) is 11.4 Å². The molecule has 0 spiro atoms. The summed E-state index contributed by atoms with van der Waals surface area (Å²) in [5, 5.41) is 5.57. The number of halogens is 1. The third-order valence-electron chi connectivity index (χ3n) is 2.03. The first-order valence-electron chi connectivity index (χ1n) is 5.16. The fourth-order valence-electron chi connectivity index (χ4n) is 1.14. The Labute approximate surface area is 104 Å². The topological polar surface area (TPSA) is 84.2 Å². The van der Waals surface area contributed by atoms with Gasteiger partial charge >= 0.3 is 0 Å². The molecule has 0 bridgehead atoms. The molecule has 1 aromatic rings. The monoisotopic (exact) mass is 255 g/mol. The molecule has 17 heavy (non-hydrogen) atoms. The molecular formula is C11H14ClN3O2. The number of carbonyl (C=O) groups excluding carboxylic acids is 2. The first-order chi connectivity index (χ1) is 8.06. The Morgan fingerprint density at radius 3 is 2.53 bits per heavy atom. The number of hydrogen-bond acceptors (Lipinski definition) is 3. The predicted molar refractivity (Wildman–Crippen MR) is 68.1 cm³/mol. The lowest BCUT2D eigenvalue weighted by molar-refractivity contribution is -0.116. The van der Waals surface area contributed by atoms with E-state index in [0.29, 0.717) is 22.8 Å². The molecule has 6 heteroatoms. The van der Waals surface area contributed by atoms with Crippen molar-refractivity contribution in [1.82, 2.24) is 0 Å². The van der Waals surface area contributed by atoms with E-state index in [4.69, 9.17) is 17.3 Å². The van der Waals surface area contributed by atoms with Crippen molar-refractivity contribution in [2.45, 2.75) is 13.3 Å². The first-order valence-corrected chi connectivity index (χ1v) is 5.54. The van der Waals surface area contributed by atoms with E-state index in [2.05, 4.69) is 10.6 Å². The minimum atomic E-state index is -0.300. The second-order valence-corrected chi connectivity index (χ2v) is 3.76. The molecule has 2 amide bonds. The van der Waals surface area contributed by atoms with Crippen molar-refractivity contribution in [3.05, 3.63) is 23.2 Å². The Kier molecular flexibility index (Phi) is 4.93. The predicted octanol–water partition coefficient (Wildman–Crippen LogP) is 1.59. The van der Waals surface area contributed by atoms with Crippen LogP contribution >= 0.6 is 11.6 Å². The quantitative estimate of drug-likeness (QED) is 0.764. The molecular weight excluding hydrogens is 242 g/mol. The van der Waals surface area contributed by atoms with Crippen LogP contribution in [0.2, 0.25) is 5.02 Å². The van der Waals surface area contributed by atoms with Gasteiger partial charge in [0.1, 0.15) is 0 Å². The molecule has 0 unspecified atom stereocenters. The highest BCUT2D eigenvalue weighted by Crippen LogP contribution is 2.25. The lowest BCUT2D eigenvalue weighted by Crippen LogP contribution is -2.21. The van der Waals surface area contributed by atoms with Crippen molar-refractivity contribution in [3.8, 4) is 0 Å². The van der Waals surface area contributed by atoms with Gasteiger partial charge in [-0.25, -0.2) is 0 Å². The van der Waals surface area contributed by atoms with E-state index >= 15 is 0 Å². The number of nitrogens with one attached hydrogen (secondary N) is 2. The van der Waals surface area contributed by atoms with Gasteiger partial charge in [0, 0.05) is 12.1 Å². The van der Waals surface area contributed by atoms with Gasteiger partial charge < -0.3 is 16.4 Å². The first kappa shape index (κ1) is 13.5. The van der Waals surface area contributed by atoms with Crippen LogP contribution in [-0.2, 0) is 9.59 Å². The van der Waals surface area contributed by atoms with Crippen LogP contribution < -0.4 is 16.4 Å². The summed E-state index contributed by atoms with van der Waals surface area (Å²) in [5.74, 6) is -0.419. The molecule has 1 rings (SSSR count). The van der Waals surface area contributed by atoms with Gasteiger partial charge in [0.05, 0.1) is 17.3 Å². The molecule has 0 radical (unpaired) electrons. The van der Waals surface area contributed by atoms with Gasteiger partial charge in [-0.15, -0.1) is 0 Å². The van der Waals surface area contributed by atoms with Crippen LogP contribution in [-0.4, -0.2) is 18.4 Å². The van der Waals surface area contributed by atoms with E-state index in [1.54, 1.807) is 25.1 Å². The minimum Gasteiger partial charge on any atom is -0.325 e. The summed E-state index contributed by atoms with van der Waals surface area (Å²) in [6.45, 7) is 1.66. The Balaban J connectivity index is 2.79. The van der Waals surface area contributed by atoms with Crippen LogP contribution in [0.5, 0.6) is 0 Å². The Morgan fingerprint density at radius 1 is 1.29 bits per heavy atom. The maximum atomic E-state index is 11.2. The van der Waals surface area contributed by atoms with E-state index in [0.717, 1.165) is 0 Å².